The van der Waals surface area contributed by atoms with E-state index in [1.165, 1.54) is 0 Å². The molecular formula is C12H13BrN2. The van der Waals surface area contributed by atoms with Gasteiger partial charge >= 0.3 is 0 Å². The fourth-order valence-corrected chi connectivity index (χ4v) is 1.88. The van der Waals surface area contributed by atoms with Crippen molar-refractivity contribution in [1.29, 1.82) is 5.26 Å². The van der Waals surface area contributed by atoms with Crippen molar-refractivity contribution in [3.05, 3.63) is 40.4 Å². The molecule has 0 amide bonds. The maximum absolute atomic E-state index is 9.05. The second kappa shape index (κ2) is 4.99. The lowest BCUT2D eigenvalue weighted by atomic mass is 10.1. The zero-order valence-electron chi connectivity index (χ0n) is 8.92. The molecule has 3 heteroatoms. The van der Waals surface area contributed by atoms with E-state index in [4.69, 9.17) is 5.26 Å². The Labute approximate surface area is 99.0 Å². The van der Waals surface area contributed by atoms with Gasteiger partial charge in [0.2, 0.25) is 0 Å². The second-order valence-corrected chi connectivity index (χ2v) is 4.41. The van der Waals surface area contributed by atoms with Crippen LogP contribution in [-0.2, 0) is 0 Å². The summed E-state index contributed by atoms with van der Waals surface area (Å²) < 4.78 is 0.830. The number of anilines is 1. The first-order chi connectivity index (χ1) is 7.06. The number of hydrogen-bond acceptors (Lipinski definition) is 2. The van der Waals surface area contributed by atoms with Crippen molar-refractivity contribution in [2.24, 2.45) is 0 Å². The molecule has 1 aromatic carbocycles. The minimum Gasteiger partial charge on any atom is -0.370 e. The quantitative estimate of drug-likeness (QED) is 0.784. The Morgan fingerprint density at radius 3 is 2.80 bits per heavy atom. The first kappa shape index (κ1) is 11.8. The van der Waals surface area contributed by atoms with E-state index in [0.29, 0.717) is 5.56 Å². The molecule has 15 heavy (non-hydrogen) atoms. The van der Waals surface area contributed by atoms with Gasteiger partial charge in [-0.25, -0.2) is 0 Å². The van der Waals surface area contributed by atoms with E-state index >= 15 is 0 Å². The van der Waals surface area contributed by atoms with E-state index in [1.54, 1.807) is 0 Å². The third-order valence-corrected chi connectivity index (χ3v) is 2.68. The molecule has 78 valence electrons. The van der Waals surface area contributed by atoms with Gasteiger partial charge in [0.15, 0.2) is 0 Å². The number of nitrogens with zero attached hydrogens (tertiary/aromatic N) is 2. The Morgan fingerprint density at radius 2 is 2.27 bits per heavy atom. The first-order valence-electron chi connectivity index (χ1n) is 4.60. The molecule has 0 bridgehead atoms. The van der Waals surface area contributed by atoms with Crippen molar-refractivity contribution >= 4 is 21.6 Å². The molecule has 0 aliphatic heterocycles. The van der Waals surface area contributed by atoms with Crippen LogP contribution in [-0.4, -0.2) is 13.6 Å². The molecule has 0 aromatic heterocycles. The van der Waals surface area contributed by atoms with Crippen LogP contribution >= 0.6 is 15.9 Å². The van der Waals surface area contributed by atoms with Gasteiger partial charge in [-0.3, -0.25) is 0 Å². The topological polar surface area (TPSA) is 27.0 Å². The molecule has 1 rings (SSSR count). The van der Waals surface area contributed by atoms with Gasteiger partial charge in [-0.2, -0.15) is 5.26 Å². The summed E-state index contributed by atoms with van der Waals surface area (Å²) in [7, 11) is 1.96. The van der Waals surface area contributed by atoms with Gasteiger partial charge in [-0.1, -0.05) is 18.2 Å². The Hall–Kier alpha value is -1.27. The molecular weight excluding hydrogens is 252 g/mol. The number of halogens is 1. The first-order valence-corrected chi connectivity index (χ1v) is 5.39. The van der Waals surface area contributed by atoms with Gasteiger partial charge in [-0.15, -0.1) is 0 Å². The normalized spacial score (nSPS) is 9.47. The summed E-state index contributed by atoms with van der Waals surface area (Å²) in [6.45, 7) is 6.59. The van der Waals surface area contributed by atoms with Crippen LogP contribution in [0, 0.1) is 11.3 Å². The fourth-order valence-electron chi connectivity index (χ4n) is 1.43. The van der Waals surface area contributed by atoms with Gasteiger partial charge in [0.05, 0.1) is 11.3 Å². The molecule has 0 saturated heterocycles. The third-order valence-electron chi connectivity index (χ3n) is 2.02. The van der Waals surface area contributed by atoms with E-state index in [2.05, 4.69) is 28.6 Å². The molecule has 0 fully saturated rings. The SMILES string of the molecule is C=C(C)CN(C)c1cccc(Br)c1C#N. The van der Waals surface area contributed by atoms with Gasteiger partial charge < -0.3 is 4.90 Å². The summed E-state index contributed by atoms with van der Waals surface area (Å²) in [5.74, 6) is 0. The minimum atomic E-state index is 0.668. The van der Waals surface area contributed by atoms with Crippen molar-refractivity contribution in [3.63, 3.8) is 0 Å². The molecule has 1 aromatic rings. The second-order valence-electron chi connectivity index (χ2n) is 3.56. The lowest BCUT2D eigenvalue weighted by molar-refractivity contribution is 0.982. The van der Waals surface area contributed by atoms with E-state index in [-0.39, 0.29) is 0 Å². The van der Waals surface area contributed by atoms with Gasteiger partial charge in [0.25, 0.3) is 0 Å². The van der Waals surface area contributed by atoms with Crippen molar-refractivity contribution in [1.82, 2.24) is 0 Å². The van der Waals surface area contributed by atoms with Gasteiger partial charge in [0, 0.05) is 18.1 Å². The lowest BCUT2D eigenvalue weighted by Gasteiger charge is -2.20. The number of hydrogen-bond donors (Lipinski definition) is 0. The summed E-state index contributed by atoms with van der Waals surface area (Å²) in [5.41, 5.74) is 2.66. The predicted octanol–water partition coefficient (Wildman–Crippen LogP) is 3.33. The highest BCUT2D eigenvalue weighted by Gasteiger charge is 2.09. The summed E-state index contributed by atoms with van der Waals surface area (Å²) in [4.78, 5) is 2.02. The monoisotopic (exact) mass is 264 g/mol. The highest BCUT2D eigenvalue weighted by Crippen LogP contribution is 2.26. The summed E-state index contributed by atoms with van der Waals surface area (Å²) in [6.07, 6.45) is 0. The summed E-state index contributed by atoms with van der Waals surface area (Å²) >= 11 is 3.37. The smallest absolute Gasteiger partial charge is 0.103 e. The minimum absolute atomic E-state index is 0.668. The number of likely N-dealkylation sites (N-methyl/N-ethyl adjacent to an activating group) is 1. The average molecular weight is 265 g/mol. The van der Waals surface area contributed by atoms with Crippen LogP contribution < -0.4 is 4.90 Å². The number of rotatable bonds is 3. The molecule has 0 spiro atoms. The fraction of sp³-hybridized carbons (Fsp3) is 0.250. The zero-order chi connectivity index (χ0) is 11.4. The molecule has 0 saturated carbocycles. The molecule has 0 aliphatic carbocycles. The third kappa shape index (κ3) is 2.84. The Morgan fingerprint density at radius 1 is 1.60 bits per heavy atom. The van der Waals surface area contributed by atoms with Crippen LogP contribution in [0.1, 0.15) is 12.5 Å². The van der Waals surface area contributed by atoms with Gasteiger partial charge in [-0.05, 0) is 35.0 Å². The molecule has 0 unspecified atom stereocenters. The molecule has 2 nitrogen and oxygen atoms in total. The van der Waals surface area contributed by atoms with Crippen molar-refractivity contribution in [3.8, 4) is 6.07 Å². The van der Waals surface area contributed by atoms with E-state index in [9.17, 15) is 0 Å². The number of benzene rings is 1. The summed E-state index contributed by atoms with van der Waals surface area (Å²) in [5, 5.41) is 9.05. The maximum atomic E-state index is 9.05. The van der Waals surface area contributed by atoms with E-state index in [1.807, 2.05) is 37.1 Å². The van der Waals surface area contributed by atoms with Crippen LogP contribution in [0.4, 0.5) is 5.69 Å². The van der Waals surface area contributed by atoms with Crippen molar-refractivity contribution in [2.45, 2.75) is 6.92 Å². The Bertz CT molecular complexity index is 418. The molecule has 0 heterocycles. The zero-order valence-corrected chi connectivity index (χ0v) is 10.5. The van der Waals surface area contributed by atoms with Crippen molar-refractivity contribution < 1.29 is 0 Å². The predicted molar refractivity (Wildman–Crippen MR) is 66.9 cm³/mol. The highest BCUT2D eigenvalue weighted by atomic mass is 79.9. The van der Waals surface area contributed by atoms with Crippen LogP contribution in [0.3, 0.4) is 0 Å². The molecule has 0 N–H and O–H groups in total. The van der Waals surface area contributed by atoms with Crippen molar-refractivity contribution in [2.75, 3.05) is 18.5 Å². The van der Waals surface area contributed by atoms with E-state index in [0.717, 1.165) is 22.3 Å². The molecule has 0 aliphatic rings. The largest absolute Gasteiger partial charge is 0.370 e. The van der Waals surface area contributed by atoms with Crippen LogP contribution in [0.15, 0.2) is 34.8 Å². The Balaban J connectivity index is 3.09. The highest BCUT2D eigenvalue weighted by molar-refractivity contribution is 9.10. The van der Waals surface area contributed by atoms with Gasteiger partial charge in [0.1, 0.15) is 6.07 Å². The standard InChI is InChI=1S/C12H13BrN2/c1-9(2)8-15(3)12-6-4-5-11(13)10(12)7-14/h4-6H,1,8H2,2-3H3. The van der Waals surface area contributed by atoms with Crippen LogP contribution in [0.2, 0.25) is 0 Å². The number of nitriles is 1. The average Bonchev–Trinajstić information content (AvgIpc) is 2.16. The molecule has 0 atom stereocenters. The molecule has 0 radical (unpaired) electrons. The lowest BCUT2D eigenvalue weighted by Crippen LogP contribution is -2.20. The summed E-state index contributed by atoms with van der Waals surface area (Å²) in [6, 6.07) is 7.93. The maximum Gasteiger partial charge on any atom is 0.103 e. The van der Waals surface area contributed by atoms with Crippen LogP contribution in [0.25, 0.3) is 0 Å². The van der Waals surface area contributed by atoms with E-state index < -0.39 is 0 Å². The Kier molecular flexibility index (Phi) is 3.93. The van der Waals surface area contributed by atoms with Crippen LogP contribution in [0.5, 0.6) is 0 Å².